The Morgan fingerprint density at radius 3 is 2.06 bits per heavy atom. The van der Waals surface area contributed by atoms with Gasteiger partial charge in [-0.2, -0.15) is 0 Å². The molecule has 2 aliphatic rings. The average molecular weight is 747 g/mol. The zero-order valence-corrected chi connectivity index (χ0v) is 35.6. The smallest absolute Gasteiger partial charge is 0.875 e. The van der Waals surface area contributed by atoms with Crippen LogP contribution in [-0.2, 0) is 19.1 Å². The minimum atomic E-state index is -1.04. The summed E-state index contributed by atoms with van der Waals surface area (Å²) in [4.78, 5) is 23.5. The van der Waals surface area contributed by atoms with Gasteiger partial charge in [-0.15, -0.1) is 5.76 Å². The molecule has 51 heavy (non-hydrogen) atoms. The monoisotopic (exact) mass is 746 g/mol. The molecule has 2 fully saturated rings. The molecule has 0 saturated carbocycles. The van der Waals surface area contributed by atoms with Gasteiger partial charge in [0.1, 0.15) is 0 Å². The molecule has 3 N–H and O–H groups in total. The second-order valence-corrected chi connectivity index (χ2v) is 17.1. The van der Waals surface area contributed by atoms with E-state index in [1.807, 2.05) is 53.7 Å². The van der Waals surface area contributed by atoms with Crippen molar-refractivity contribution in [3.05, 3.63) is 24.0 Å². The molecule has 0 aromatic heterocycles. The van der Waals surface area contributed by atoms with Crippen LogP contribution in [0.15, 0.2) is 24.0 Å². The molecule has 0 aliphatic carbocycles. The third-order valence-electron chi connectivity index (χ3n) is 11.9. The molecule has 0 amide bonds. The van der Waals surface area contributed by atoms with Crippen molar-refractivity contribution in [2.45, 2.75) is 182 Å². The number of carboxylic acid groups (broad SMARTS) is 1. The summed E-state index contributed by atoms with van der Waals surface area (Å²) in [5, 5.41) is 55.9. The Hall–Kier alpha value is -0.520. The summed E-state index contributed by atoms with van der Waals surface area (Å²) in [5.41, 5.74) is -1.02. The van der Waals surface area contributed by atoms with Gasteiger partial charge in [0.05, 0.1) is 41.7 Å². The first-order valence-electron chi connectivity index (χ1n) is 19.4. The Bertz CT molecular complexity index is 1130. The number of carbonyl (C=O) groups is 2. The maximum absolute atomic E-state index is 12.9. The van der Waals surface area contributed by atoms with Gasteiger partial charge in [-0.3, -0.25) is 4.79 Å². The van der Waals surface area contributed by atoms with Crippen molar-refractivity contribution >= 4 is 49.5 Å². The number of aliphatic hydroxyl groups is 3. The molecule has 2 aliphatic heterocycles. The molecule has 0 radical (unpaired) electrons. The van der Waals surface area contributed by atoms with E-state index in [1.165, 1.54) is 6.08 Å². The number of carbonyl (C=O) groups excluding carboxylic acids is 2. The number of ether oxygens (including phenoxy) is 2. The van der Waals surface area contributed by atoms with Gasteiger partial charge in [-0.05, 0) is 121 Å². The van der Waals surface area contributed by atoms with Gasteiger partial charge in [0.2, 0.25) is 0 Å². The predicted octanol–water partition coefficient (Wildman–Crippen LogP) is 4.89. The molecule has 2 heterocycles. The maximum atomic E-state index is 12.9. The summed E-state index contributed by atoms with van der Waals surface area (Å²) in [6.45, 7) is 19.4. The first-order valence-corrected chi connectivity index (χ1v) is 19.4. The summed E-state index contributed by atoms with van der Waals surface area (Å²) in [5.74, 6) is -1.73. The molecule has 14 atom stereocenters. The molecule has 9 nitrogen and oxygen atoms in total. The molecule has 10 heteroatoms. The topological polar surface area (TPSA) is 159 Å². The predicted molar refractivity (Wildman–Crippen MR) is 198 cm³/mol. The molecule has 290 valence electrons. The number of ketones is 1. The van der Waals surface area contributed by atoms with Crippen LogP contribution in [0.5, 0.6) is 0 Å². The number of hydrogen-bond acceptors (Lipinski definition) is 9. The Labute approximate surface area is 339 Å². The molecule has 0 aromatic carbocycles. The second kappa shape index (κ2) is 22.1. The fraction of sp³-hybridized carbons (Fsp3) is 0.854. The van der Waals surface area contributed by atoms with E-state index < -0.39 is 35.5 Å². The number of hydrogen-bond donors (Lipinski definition) is 3. The molecular weight excluding hydrogens is 677 g/mol. The van der Waals surface area contributed by atoms with Gasteiger partial charge >= 0.3 is 37.7 Å². The van der Waals surface area contributed by atoms with Crippen molar-refractivity contribution in [2.24, 2.45) is 41.4 Å². The standard InChI is InChI=1S/C41H72O9.Ca/c1-25(21-29(5)34(43)24-35(44)30(6)22-27(3)20-26(2)14-15-38(46)47)12-11-13-28(4)39(48)31(7)36(45)23-33-16-18-41(10,49-33)37-17-19-40(9,50-37)32(8)42;/h11,13,24-33,36-37,39,42-43,45,48H,12,14-23H2,1-10H3,(H,46,47);/q;+2/p-2/b13-11+,34-24+;/t25-,26+,27+,28+,29-,30+,31-,32-,33-,36+,37-,39+,40+,41-;/m1./s1. The normalized spacial score (nSPS) is 30.1. The summed E-state index contributed by atoms with van der Waals surface area (Å²) >= 11 is 0. The average Bonchev–Trinajstić information content (AvgIpc) is 3.63. The molecule has 0 unspecified atom stereocenters. The molecule has 2 saturated heterocycles. The minimum Gasteiger partial charge on any atom is -0.875 e. The van der Waals surface area contributed by atoms with Crippen molar-refractivity contribution in [1.29, 1.82) is 0 Å². The SMILES string of the molecule is C[C@H](C/C=C/[C@H](C)[C@H](O)[C@H](C)[C@@H](O)C[C@H]1CC[C@](C)([C@H]2CC[C@@](C)([C@@H](C)O)O2)O1)C[C@@H](C)/C([O-])=C\C(=O)[C@@H](C)C[C@@H](C)C[C@@H](C)CCC(=O)[O-].[Ca+2]. The quantitative estimate of drug-likeness (QED) is 0.0607. The van der Waals surface area contributed by atoms with Crippen LogP contribution in [0.3, 0.4) is 0 Å². The van der Waals surface area contributed by atoms with Gasteiger partial charge in [0.15, 0.2) is 5.78 Å². The summed E-state index contributed by atoms with van der Waals surface area (Å²) in [7, 11) is 0. The van der Waals surface area contributed by atoms with Crippen LogP contribution in [0.25, 0.3) is 0 Å². The number of carboxylic acids is 1. The first-order chi connectivity index (χ1) is 23.2. The third kappa shape index (κ3) is 15.6. The fourth-order valence-corrected chi connectivity index (χ4v) is 8.00. The Morgan fingerprint density at radius 1 is 0.843 bits per heavy atom. The van der Waals surface area contributed by atoms with Crippen molar-refractivity contribution in [1.82, 2.24) is 0 Å². The van der Waals surface area contributed by atoms with E-state index >= 15 is 0 Å². The number of aliphatic hydroxyl groups excluding tert-OH is 3. The molecule has 2 rings (SSSR count). The van der Waals surface area contributed by atoms with Crippen LogP contribution in [0.4, 0.5) is 0 Å². The minimum absolute atomic E-state index is 0. The largest absolute Gasteiger partial charge is 2.00 e. The molecule has 0 aromatic rings. The van der Waals surface area contributed by atoms with Crippen LogP contribution in [0, 0.1) is 41.4 Å². The number of allylic oxidation sites excluding steroid dienone is 3. The van der Waals surface area contributed by atoms with Crippen LogP contribution in [-0.4, -0.2) is 107 Å². The van der Waals surface area contributed by atoms with E-state index in [2.05, 4.69) is 20.8 Å². The van der Waals surface area contributed by atoms with Crippen molar-refractivity contribution in [3.63, 3.8) is 0 Å². The Morgan fingerprint density at radius 2 is 1.47 bits per heavy atom. The van der Waals surface area contributed by atoms with Gasteiger partial charge in [-0.1, -0.05) is 60.6 Å². The summed E-state index contributed by atoms with van der Waals surface area (Å²) in [6.07, 6.45) is 10.2. The van der Waals surface area contributed by atoms with E-state index in [9.17, 15) is 35.1 Å². The van der Waals surface area contributed by atoms with Crippen LogP contribution in [0.2, 0.25) is 0 Å². The second-order valence-electron chi connectivity index (χ2n) is 17.1. The summed E-state index contributed by atoms with van der Waals surface area (Å²) < 4.78 is 12.7. The van der Waals surface area contributed by atoms with Gasteiger partial charge in [-0.25, -0.2) is 0 Å². The van der Waals surface area contributed by atoms with E-state index in [-0.39, 0.29) is 109 Å². The fourth-order valence-electron chi connectivity index (χ4n) is 8.00. The molecular formula is C41H70CaO9. The van der Waals surface area contributed by atoms with E-state index in [4.69, 9.17) is 9.47 Å². The third-order valence-corrected chi connectivity index (χ3v) is 11.9. The van der Waals surface area contributed by atoms with E-state index in [0.717, 1.165) is 38.5 Å². The first kappa shape index (κ1) is 48.5. The number of rotatable bonds is 22. The molecule has 0 spiro atoms. The van der Waals surface area contributed by atoms with Crippen molar-refractivity contribution in [3.8, 4) is 0 Å². The van der Waals surface area contributed by atoms with Crippen LogP contribution >= 0.6 is 0 Å². The Balaban J connectivity index is 0.0000130. The van der Waals surface area contributed by atoms with Crippen molar-refractivity contribution < 1.29 is 44.6 Å². The maximum Gasteiger partial charge on any atom is 2.00 e. The van der Waals surface area contributed by atoms with E-state index in [1.54, 1.807) is 6.92 Å². The van der Waals surface area contributed by atoms with Crippen molar-refractivity contribution in [2.75, 3.05) is 0 Å². The van der Waals surface area contributed by atoms with Gasteiger partial charge in [0.25, 0.3) is 0 Å². The molecule has 0 bridgehead atoms. The summed E-state index contributed by atoms with van der Waals surface area (Å²) in [6, 6.07) is 0. The van der Waals surface area contributed by atoms with Crippen LogP contribution < -0.4 is 10.2 Å². The van der Waals surface area contributed by atoms with Crippen LogP contribution in [0.1, 0.15) is 140 Å². The number of aliphatic carboxylic acids is 1. The van der Waals surface area contributed by atoms with Gasteiger partial charge < -0.3 is 39.8 Å². The zero-order valence-electron chi connectivity index (χ0n) is 33.4. The van der Waals surface area contributed by atoms with Gasteiger partial charge in [0, 0.05) is 23.7 Å². The van der Waals surface area contributed by atoms with E-state index in [0.29, 0.717) is 25.7 Å². The zero-order chi connectivity index (χ0) is 38.0. The Kier molecular flexibility index (Phi) is 21.1.